The molecule has 20 heavy (non-hydrogen) atoms. The van der Waals surface area contributed by atoms with Gasteiger partial charge in [0.25, 0.3) is 5.69 Å². The number of nitro benzene ring substituents is 1. The molecule has 0 fully saturated rings. The van der Waals surface area contributed by atoms with E-state index in [4.69, 9.17) is 16.3 Å². The predicted molar refractivity (Wildman–Crippen MR) is 73.6 cm³/mol. The molecule has 104 valence electrons. The third-order valence-corrected chi connectivity index (χ3v) is 3.13. The molecule has 0 unspecified atom stereocenters. The number of nitrogens with zero attached hydrogens (tertiary/aromatic N) is 1. The van der Waals surface area contributed by atoms with Gasteiger partial charge in [-0.2, -0.15) is 0 Å². The second-order valence-electron chi connectivity index (χ2n) is 4.23. The minimum Gasteiger partial charge on any atom is -0.487 e. The lowest BCUT2D eigenvalue weighted by Crippen LogP contribution is -1.99. The first kappa shape index (κ1) is 14.3. The molecule has 0 heterocycles. The summed E-state index contributed by atoms with van der Waals surface area (Å²) >= 11 is 5.92. The lowest BCUT2D eigenvalue weighted by Gasteiger charge is -2.10. The fourth-order valence-corrected chi connectivity index (χ4v) is 1.87. The topological polar surface area (TPSA) is 52.4 Å². The summed E-state index contributed by atoms with van der Waals surface area (Å²) in [4.78, 5) is 10.2. The summed E-state index contributed by atoms with van der Waals surface area (Å²) < 4.78 is 18.5. The molecule has 2 rings (SSSR count). The maximum atomic E-state index is 13.0. The predicted octanol–water partition coefficient (Wildman–Crippen LogP) is 4.27. The summed E-state index contributed by atoms with van der Waals surface area (Å²) in [6.45, 7) is 1.92. The molecule has 0 spiro atoms. The van der Waals surface area contributed by atoms with E-state index in [0.29, 0.717) is 0 Å². The zero-order valence-electron chi connectivity index (χ0n) is 10.6. The van der Waals surface area contributed by atoms with Crippen molar-refractivity contribution in [3.63, 3.8) is 0 Å². The van der Waals surface area contributed by atoms with Gasteiger partial charge in [0.2, 0.25) is 0 Å². The van der Waals surface area contributed by atoms with Crippen LogP contribution in [0.1, 0.15) is 11.1 Å². The molecule has 2 aromatic carbocycles. The van der Waals surface area contributed by atoms with Crippen LogP contribution >= 0.6 is 11.6 Å². The van der Waals surface area contributed by atoms with Crippen LogP contribution in [-0.4, -0.2) is 4.92 Å². The molecule has 0 aliphatic rings. The van der Waals surface area contributed by atoms with Crippen molar-refractivity contribution in [1.29, 1.82) is 0 Å². The van der Waals surface area contributed by atoms with Gasteiger partial charge in [0, 0.05) is 6.07 Å². The van der Waals surface area contributed by atoms with Crippen LogP contribution in [0.4, 0.5) is 10.1 Å². The molecule has 0 aromatic heterocycles. The average Bonchev–Trinajstić information content (AvgIpc) is 2.39. The van der Waals surface area contributed by atoms with Crippen LogP contribution < -0.4 is 4.74 Å². The van der Waals surface area contributed by atoms with Crippen LogP contribution in [0, 0.1) is 22.9 Å². The van der Waals surface area contributed by atoms with E-state index in [1.54, 1.807) is 13.0 Å². The maximum Gasteiger partial charge on any atom is 0.273 e. The Labute approximate surface area is 119 Å². The fraction of sp³-hybridized carbons (Fsp3) is 0.143. The molecule has 0 radical (unpaired) electrons. The lowest BCUT2D eigenvalue weighted by atomic mass is 10.1. The molecule has 6 heteroatoms. The van der Waals surface area contributed by atoms with E-state index in [0.717, 1.165) is 11.1 Å². The molecule has 4 nitrogen and oxygen atoms in total. The van der Waals surface area contributed by atoms with Crippen LogP contribution in [-0.2, 0) is 6.61 Å². The Hall–Kier alpha value is -2.14. The quantitative estimate of drug-likeness (QED) is 0.625. The summed E-state index contributed by atoms with van der Waals surface area (Å²) in [5, 5.41) is 11.0. The molecule has 2 aromatic rings. The van der Waals surface area contributed by atoms with Crippen LogP contribution in [0.2, 0.25) is 5.02 Å². The number of rotatable bonds is 4. The van der Waals surface area contributed by atoms with Crippen molar-refractivity contribution in [2.24, 2.45) is 0 Å². The van der Waals surface area contributed by atoms with Crippen molar-refractivity contribution in [1.82, 2.24) is 0 Å². The van der Waals surface area contributed by atoms with Gasteiger partial charge in [-0.1, -0.05) is 17.7 Å². The van der Waals surface area contributed by atoms with E-state index < -0.39 is 4.92 Å². The maximum absolute atomic E-state index is 13.0. The highest BCUT2D eigenvalue weighted by molar-refractivity contribution is 6.32. The van der Waals surface area contributed by atoms with Gasteiger partial charge in [0.1, 0.15) is 18.2 Å². The summed E-state index contributed by atoms with van der Waals surface area (Å²) in [6.07, 6.45) is 0. The molecule has 0 atom stereocenters. The highest BCUT2D eigenvalue weighted by Gasteiger charge is 2.11. The normalized spacial score (nSPS) is 10.3. The Balaban J connectivity index is 2.18. The molecule has 0 aliphatic heterocycles. The van der Waals surface area contributed by atoms with Crippen molar-refractivity contribution in [2.75, 3.05) is 0 Å². The Kier molecular flexibility index (Phi) is 4.20. The largest absolute Gasteiger partial charge is 0.487 e. The number of non-ortho nitro benzene ring substituents is 1. The Morgan fingerprint density at radius 1 is 1.30 bits per heavy atom. The van der Waals surface area contributed by atoms with Gasteiger partial charge in [-0.15, -0.1) is 0 Å². The second-order valence-corrected chi connectivity index (χ2v) is 4.64. The zero-order chi connectivity index (χ0) is 14.7. The van der Waals surface area contributed by atoms with E-state index in [2.05, 4.69) is 0 Å². The van der Waals surface area contributed by atoms with Gasteiger partial charge in [0.05, 0.1) is 16.0 Å². The molecule has 0 N–H and O–H groups in total. The average molecular weight is 296 g/mol. The smallest absolute Gasteiger partial charge is 0.273 e. The molecular weight excluding hydrogens is 285 g/mol. The summed E-state index contributed by atoms with van der Waals surface area (Å²) in [6, 6.07) is 8.32. The van der Waals surface area contributed by atoms with Crippen molar-refractivity contribution in [3.05, 3.63) is 68.5 Å². The third-order valence-electron chi connectivity index (χ3n) is 2.81. The summed E-state index contributed by atoms with van der Waals surface area (Å²) in [5.74, 6) is -0.0933. The zero-order valence-corrected chi connectivity index (χ0v) is 11.4. The third kappa shape index (κ3) is 3.24. The van der Waals surface area contributed by atoms with Crippen molar-refractivity contribution >= 4 is 17.3 Å². The number of halogens is 2. The Morgan fingerprint density at radius 3 is 2.70 bits per heavy atom. The minimum absolute atomic E-state index is 0.0970. The first-order valence-corrected chi connectivity index (χ1v) is 6.17. The molecule has 0 bridgehead atoms. The summed E-state index contributed by atoms with van der Waals surface area (Å²) in [5.41, 5.74) is 1.43. The van der Waals surface area contributed by atoms with Gasteiger partial charge in [-0.05, 0) is 36.2 Å². The Bertz CT molecular complexity index is 661. The van der Waals surface area contributed by atoms with E-state index in [1.807, 2.05) is 0 Å². The van der Waals surface area contributed by atoms with Crippen LogP contribution in [0.3, 0.4) is 0 Å². The Morgan fingerprint density at radius 2 is 2.05 bits per heavy atom. The first-order valence-electron chi connectivity index (χ1n) is 5.79. The van der Waals surface area contributed by atoms with Gasteiger partial charge >= 0.3 is 0 Å². The number of ether oxygens (including phenoxy) is 1. The minimum atomic E-state index is -0.521. The van der Waals surface area contributed by atoms with Crippen LogP contribution in [0.15, 0.2) is 36.4 Å². The molecule has 0 aliphatic carbocycles. The van der Waals surface area contributed by atoms with Crippen molar-refractivity contribution < 1.29 is 14.1 Å². The van der Waals surface area contributed by atoms with Crippen molar-refractivity contribution in [2.45, 2.75) is 13.5 Å². The van der Waals surface area contributed by atoms with E-state index in [9.17, 15) is 14.5 Å². The number of hydrogen-bond acceptors (Lipinski definition) is 3. The van der Waals surface area contributed by atoms with Crippen molar-refractivity contribution in [3.8, 4) is 5.75 Å². The first-order chi connectivity index (χ1) is 9.47. The van der Waals surface area contributed by atoms with E-state index in [-0.39, 0.29) is 28.9 Å². The SMILES string of the molecule is Cc1cc(F)ccc1COc1cc([N+](=O)[O-])ccc1Cl. The number of aryl methyl sites for hydroxylation is 1. The highest BCUT2D eigenvalue weighted by Crippen LogP contribution is 2.29. The number of benzene rings is 2. The van der Waals surface area contributed by atoms with E-state index >= 15 is 0 Å². The van der Waals surface area contributed by atoms with Crippen LogP contribution in [0.5, 0.6) is 5.75 Å². The highest BCUT2D eigenvalue weighted by atomic mass is 35.5. The van der Waals surface area contributed by atoms with Gasteiger partial charge in [-0.25, -0.2) is 4.39 Å². The lowest BCUT2D eigenvalue weighted by molar-refractivity contribution is -0.384. The van der Waals surface area contributed by atoms with E-state index in [1.165, 1.54) is 30.3 Å². The summed E-state index contributed by atoms with van der Waals surface area (Å²) in [7, 11) is 0. The number of hydrogen-bond donors (Lipinski definition) is 0. The standard InChI is InChI=1S/C14H11ClFNO3/c1-9-6-11(16)3-2-10(9)8-20-14-7-12(17(18)19)4-5-13(14)15/h2-7H,8H2,1H3. The molecular formula is C14H11ClFNO3. The van der Waals surface area contributed by atoms with Gasteiger partial charge in [-0.3, -0.25) is 10.1 Å². The second kappa shape index (κ2) is 5.88. The van der Waals surface area contributed by atoms with Gasteiger partial charge in [0.15, 0.2) is 0 Å². The molecule has 0 saturated carbocycles. The fourth-order valence-electron chi connectivity index (χ4n) is 1.69. The molecule has 0 amide bonds. The van der Waals surface area contributed by atoms with Gasteiger partial charge < -0.3 is 4.74 Å². The monoisotopic (exact) mass is 295 g/mol. The van der Waals surface area contributed by atoms with Crippen LogP contribution in [0.25, 0.3) is 0 Å². The molecule has 0 saturated heterocycles. The number of nitro groups is 1.